The minimum atomic E-state index is -3.45. The molecule has 0 aliphatic carbocycles. The summed E-state index contributed by atoms with van der Waals surface area (Å²) in [5, 5.41) is 0. The van der Waals surface area contributed by atoms with Crippen molar-refractivity contribution in [3.8, 4) is 5.75 Å². The van der Waals surface area contributed by atoms with Gasteiger partial charge in [-0.05, 0) is 30.2 Å². The molecule has 0 bridgehead atoms. The molecule has 6 heteroatoms. The van der Waals surface area contributed by atoms with Gasteiger partial charge in [0, 0.05) is 25.3 Å². The fourth-order valence-electron chi connectivity index (χ4n) is 3.34. The van der Waals surface area contributed by atoms with E-state index in [4.69, 9.17) is 4.74 Å². The topological polar surface area (TPSA) is 63.7 Å². The smallest absolute Gasteiger partial charge is 0.255 e. The molecule has 132 valence electrons. The number of para-hydroxylation sites is 1. The van der Waals surface area contributed by atoms with Crippen molar-refractivity contribution in [1.29, 1.82) is 0 Å². The minimum absolute atomic E-state index is 0.0840. The number of hydrogen-bond acceptors (Lipinski definition) is 4. The van der Waals surface area contributed by atoms with Gasteiger partial charge < -0.3 is 9.64 Å². The Kier molecular flexibility index (Phi) is 4.81. The molecular weight excluding hydrogens is 338 g/mol. The van der Waals surface area contributed by atoms with Gasteiger partial charge in [0.25, 0.3) is 5.91 Å². The van der Waals surface area contributed by atoms with Crippen LogP contribution in [0.2, 0.25) is 0 Å². The average Bonchev–Trinajstić information content (AvgIpc) is 3.10. The maximum absolute atomic E-state index is 12.9. The summed E-state index contributed by atoms with van der Waals surface area (Å²) in [6, 6.07) is 14.2. The van der Waals surface area contributed by atoms with Crippen molar-refractivity contribution in [2.24, 2.45) is 0 Å². The lowest BCUT2D eigenvalue weighted by molar-refractivity contribution is 0.0787. The summed E-state index contributed by atoms with van der Waals surface area (Å²) in [4.78, 5) is 14.7. The number of benzene rings is 2. The first-order valence-electron chi connectivity index (χ1n) is 8.13. The van der Waals surface area contributed by atoms with E-state index in [0.717, 1.165) is 24.0 Å². The van der Waals surface area contributed by atoms with E-state index in [1.807, 2.05) is 24.3 Å². The first kappa shape index (κ1) is 17.5. The molecule has 0 radical (unpaired) electrons. The number of methoxy groups -OCH3 is 1. The summed E-state index contributed by atoms with van der Waals surface area (Å²) in [7, 11) is -1.81. The lowest BCUT2D eigenvalue weighted by atomic mass is 9.97. The number of rotatable bonds is 4. The Bertz CT molecular complexity index is 892. The zero-order valence-electron chi connectivity index (χ0n) is 14.3. The monoisotopic (exact) mass is 359 g/mol. The molecule has 1 aliphatic heterocycles. The van der Waals surface area contributed by atoms with Crippen LogP contribution in [0.15, 0.2) is 53.4 Å². The number of amides is 1. The van der Waals surface area contributed by atoms with Gasteiger partial charge in [-0.25, -0.2) is 8.42 Å². The summed E-state index contributed by atoms with van der Waals surface area (Å²) in [5.74, 6) is 0.766. The van der Waals surface area contributed by atoms with Gasteiger partial charge in [-0.15, -0.1) is 0 Å². The maximum atomic E-state index is 12.9. The third kappa shape index (κ3) is 3.54. The predicted molar refractivity (Wildman–Crippen MR) is 95.8 cm³/mol. The molecule has 1 heterocycles. The predicted octanol–water partition coefficient (Wildman–Crippen LogP) is 2.73. The minimum Gasteiger partial charge on any atom is -0.496 e. The zero-order valence-corrected chi connectivity index (χ0v) is 15.1. The Labute approximate surface area is 148 Å². The van der Waals surface area contributed by atoms with Gasteiger partial charge in [-0.3, -0.25) is 4.79 Å². The Balaban J connectivity index is 1.85. The summed E-state index contributed by atoms with van der Waals surface area (Å²) < 4.78 is 29.3. The summed E-state index contributed by atoms with van der Waals surface area (Å²) in [6.07, 6.45) is 1.95. The zero-order chi connectivity index (χ0) is 18.0. The Morgan fingerprint density at radius 2 is 1.80 bits per heavy atom. The van der Waals surface area contributed by atoms with Gasteiger partial charge in [0.2, 0.25) is 0 Å². The average molecular weight is 359 g/mol. The quantitative estimate of drug-likeness (QED) is 0.842. The second kappa shape index (κ2) is 6.88. The van der Waals surface area contributed by atoms with Crippen LogP contribution in [0.1, 0.15) is 28.3 Å². The van der Waals surface area contributed by atoms with Crippen LogP contribution in [0.4, 0.5) is 0 Å². The normalized spacial score (nSPS) is 17.5. The van der Waals surface area contributed by atoms with Gasteiger partial charge in [-0.1, -0.05) is 30.3 Å². The fourth-order valence-corrected chi connectivity index (χ4v) is 4.22. The van der Waals surface area contributed by atoms with E-state index < -0.39 is 9.84 Å². The van der Waals surface area contributed by atoms with E-state index in [1.54, 1.807) is 30.2 Å². The van der Waals surface area contributed by atoms with Gasteiger partial charge in [0.15, 0.2) is 9.84 Å². The number of likely N-dealkylation sites (tertiary alicyclic amines) is 1. The van der Waals surface area contributed by atoms with Gasteiger partial charge in [-0.2, -0.15) is 0 Å². The number of carbonyl (C=O) groups excluding carboxylic acids is 1. The molecule has 1 fully saturated rings. The molecule has 1 unspecified atom stereocenters. The third-order valence-corrected chi connectivity index (χ3v) is 5.73. The molecule has 1 atom stereocenters. The second-order valence-electron chi connectivity index (χ2n) is 6.25. The van der Waals surface area contributed by atoms with E-state index in [-0.39, 0.29) is 22.3 Å². The molecule has 0 aromatic heterocycles. The molecule has 3 rings (SSSR count). The maximum Gasteiger partial charge on any atom is 0.255 e. The van der Waals surface area contributed by atoms with Crippen LogP contribution in [0.3, 0.4) is 0 Å². The molecule has 0 spiro atoms. The lowest BCUT2D eigenvalue weighted by Crippen LogP contribution is -2.29. The number of hydrogen-bond donors (Lipinski definition) is 0. The molecule has 1 saturated heterocycles. The molecule has 0 N–H and O–H groups in total. The molecule has 1 aliphatic rings. The number of ether oxygens (including phenoxy) is 1. The molecule has 25 heavy (non-hydrogen) atoms. The Morgan fingerprint density at radius 1 is 1.12 bits per heavy atom. The highest BCUT2D eigenvalue weighted by molar-refractivity contribution is 7.90. The Morgan fingerprint density at radius 3 is 2.52 bits per heavy atom. The van der Waals surface area contributed by atoms with Crippen molar-refractivity contribution in [2.75, 3.05) is 26.5 Å². The lowest BCUT2D eigenvalue weighted by Gasteiger charge is -2.19. The third-order valence-electron chi connectivity index (χ3n) is 4.57. The SMILES string of the molecule is COc1ccccc1C1CCN(C(=O)c2ccccc2S(C)(=O)=O)C1. The highest BCUT2D eigenvalue weighted by Gasteiger charge is 2.31. The number of sulfone groups is 1. The summed E-state index contributed by atoms with van der Waals surface area (Å²) in [5.41, 5.74) is 1.32. The second-order valence-corrected chi connectivity index (χ2v) is 8.23. The van der Waals surface area contributed by atoms with Crippen LogP contribution in [-0.2, 0) is 9.84 Å². The van der Waals surface area contributed by atoms with Gasteiger partial charge >= 0.3 is 0 Å². The summed E-state index contributed by atoms with van der Waals surface area (Å²) in [6.45, 7) is 1.15. The number of nitrogens with zero attached hydrogens (tertiary/aromatic N) is 1. The van der Waals surface area contributed by atoms with Crippen molar-refractivity contribution < 1.29 is 17.9 Å². The van der Waals surface area contributed by atoms with E-state index in [9.17, 15) is 13.2 Å². The molecule has 2 aromatic rings. The van der Waals surface area contributed by atoms with Crippen LogP contribution in [0, 0.1) is 0 Å². The Hall–Kier alpha value is -2.34. The van der Waals surface area contributed by atoms with E-state index >= 15 is 0 Å². The van der Waals surface area contributed by atoms with E-state index in [2.05, 4.69) is 0 Å². The molecular formula is C19H21NO4S. The van der Waals surface area contributed by atoms with Crippen molar-refractivity contribution in [2.45, 2.75) is 17.2 Å². The van der Waals surface area contributed by atoms with Gasteiger partial charge in [0.1, 0.15) is 5.75 Å². The molecule has 1 amide bonds. The molecule has 5 nitrogen and oxygen atoms in total. The van der Waals surface area contributed by atoms with Crippen LogP contribution in [0.25, 0.3) is 0 Å². The van der Waals surface area contributed by atoms with Gasteiger partial charge in [0.05, 0.1) is 17.6 Å². The van der Waals surface area contributed by atoms with Crippen molar-refractivity contribution in [3.05, 3.63) is 59.7 Å². The number of carbonyl (C=O) groups is 1. The fraction of sp³-hybridized carbons (Fsp3) is 0.316. The van der Waals surface area contributed by atoms with Crippen molar-refractivity contribution in [3.63, 3.8) is 0 Å². The largest absolute Gasteiger partial charge is 0.496 e. The van der Waals surface area contributed by atoms with Crippen LogP contribution in [0.5, 0.6) is 5.75 Å². The van der Waals surface area contributed by atoms with Crippen LogP contribution < -0.4 is 4.74 Å². The first-order chi connectivity index (χ1) is 11.9. The summed E-state index contributed by atoms with van der Waals surface area (Å²) >= 11 is 0. The van der Waals surface area contributed by atoms with E-state index in [0.29, 0.717) is 13.1 Å². The van der Waals surface area contributed by atoms with E-state index in [1.165, 1.54) is 6.07 Å². The highest BCUT2D eigenvalue weighted by Crippen LogP contribution is 2.34. The first-order valence-corrected chi connectivity index (χ1v) is 10.0. The van der Waals surface area contributed by atoms with Crippen molar-refractivity contribution >= 4 is 15.7 Å². The van der Waals surface area contributed by atoms with Crippen LogP contribution >= 0.6 is 0 Å². The standard InChI is InChI=1S/C19H21NO4S/c1-24-17-9-5-3-7-15(17)14-11-12-20(13-14)19(21)16-8-4-6-10-18(16)25(2,22)23/h3-10,14H,11-13H2,1-2H3. The molecule has 2 aromatic carbocycles. The van der Waals surface area contributed by atoms with Crippen LogP contribution in [-0.4, -0.2) is 45.7 Å². The van der Waals surface area contributed by atoms with Crippen molar-refractivity contribution in [1.82, 2.24) is 4.90 Å². The highest BCUT2D eigenvalue weighted by atomic mass is 32.2. The molecule has 0 saturated carbocycles.